The van der Waals surface area contributed by atoms with Gasteiger partial charge in [-0.2, -0.15) is 26.3 Å². The van der Waals surface area contributed by atoms with Gasteiger partial charge in [-0.25, -0.2) is 31.5 Å². The molecule has 0 radical (unpaired) electrons. The average molecular weight is 774 g/mol. The van der Waals surface area contributed by atoms with Crippen molar-refractivity contribution in [3.05, 3.63) is 101 Å². The average Bonchev–Trinajstić information content (AvgIpc) is 3.11. The Morgan fingerprint density at radius 1 is 0.868 bits per heavy atom. The van der Waals surface area contributed by atoms with Crippen molar-refractivity contribution in [2.75, 3.05) is 37.9 Å². The lowest BCUT2D eigenvalue weighted by Crippen LogP contribution is -2.47. The Balaban J connectivity index is 1.43. The molecule has 1 aromatic heterocycles. The van der Waals surface area contributed by atoms with Crippen LogP contribution in [0, 0.1) is 11.6 Å². The van der Waals surface area contributed by atoms with E-state index in [1.165, 1.54) is 32.5 Å². The topological polar surface area (TPSA) is 96.9 Å². The monoisotopic (exact) mass is 773 g/mol. The van der Waals surface area contributed by atoms with Crippen LogP contribution in [0.4, 0.5) is 46.6 Å². The first-order chi connectivity index (χ1) is 24.8. The zero-order valence-corrected chi connectivity index (χ0v) is 29.6. The third-order valence-corrected chi connectivity index (χ3v) is 10.9. The molecule has 1 heterocycles. The second kappa shape index (κ2) is 15.3. The third-order valence-electron chi connectivity index (χ3n) is 9.12. The van der Waals surface area contributed by atoms with Crippen LogP contribution in [0.3, 0.4) is 0 Å². The summed E-state index contributed by atoms with van der Waals surface area (Å²) < 4.78 is 152. The van der Waals surface area contributed by atoms with E-state index in [0.29, 0.717) is 35.6 Å². The number of ether oxygens (including phenoxy) is 2. The largest absolute Gasteiger partial charge is 0.497 e. The van der Waals surface area contributed by atoms with Crippen LogP contribution in [0.2, 0.25) is 0 Å². The number of halogens is 8. The molecular weight excluding hydrogens is 738 g/mol. The van der Waals surface area contributed by atoms with E-state index in [1.807, 2.05) is 0 Å². The van der Waals surface area contributed by atoms with Crippen LogP contribution in [-0.2, 0) is 28.9 Å². The zero-order chi connectivity index (χ0) is 38.9. The van der Waals surface area contributed by atoms with Crippen LogP contribution in [0.15, 0.2) is 72.0 Å². The van der Waals surface area contributed by atoms with Crippen molar-refractivity contribution in [1.29, 1.82) is 0 Å². The minimum absolute atomic E-state index is 0.0734. The molecular formula is C35H35F8N5O4S. The standard InChI is InChI=1S/C35H35F8N5O4S/c1-47(2)30-13-20(22-11-23(34(38,39)40)14-24(12-22)35(41,42)43)6-8-28(30)46-29-16-27(37)32(17-26(29)36)53(49,50)48(33-9-10-44-19-45-33)18-21-5-7-25(51-3)15-31(21)52-4/h5,7,9-12,14-17,19-20,28,30,46H,6,8,13,18H2,1-4H3/t20-,28-,30-/m0/s1. The number of rotatable bonds is 11. The van der Waals surface area contributed by atoms with Gasteiger partial charge in [-0.3, -0.25) is 0 Å². The number of hydrogen-bond donors (Lipinski definition) is 1. The summed E-state index contributed by atoms with van der Waals surface area (Å²) >= 11 is 0. The first kappa shape index (κ1) is 39.5. The van der Waals surface area contributed by atoms with Gasteiger partial charge in [0.05, 0.1) is 37.6 Å². The number of methoxy groups -OCH3 is 2. The van der Waals surface area contributed by atoms with E-state index in [-0.39, 0.29) is 48.1 Å². The number of likely N-dealkylation sites (N-methyl/N-ethyl adjacent to an activating group) is 1. The maximum absolute atomic E-state index is 15.9. The van der Waals surface area contributed by atoms with E-state index < -0.39 is 74.6 Å². The lowest BCUT2D eigenvalue weighted by molar-refractivity contribution is -0.143. The fourth-order valence-electron chi connectivity index (χ4n) is 6.42. The third kappa shape index (κ3) is 8.75. The van der Waals surface area contributed by atoms with Crippen molar-refractivity contribution in [1.82, 2.24) is 14.9 Å². The Labute approximate surface area is 300 Å². The SMILES string of the molecule is COc1ccc(CN(c2ccncn2)S(=O)(=O)c2cc(F)c(N[C@H]3CC[C@H](c4cc(C(F)(F)F)cc(C(F)(F)F)c4)C[C@@H]3N(C)C)cc2F)c(OC)c1. The van der Waals surface area contributed by atoms with Crippen LogP contribution in [-0.4, -0.2) is 63.7 Å². The molecule has 3 aromatic carbocycles. The van der Waals surface area contributed by atoms with Crippen molar-refractivity contribution >= 4 is 21.5 Å². The molecule has 0 amide bonds. The van der Waals surface area contributed by atoms with Gasteiger partial charge in [0.1, 0.15) is 40.2 Å². The first-order valence-electron chi connectivity index (χ1n) is 16.0. The van der Waals surface area contributed by atoms with Crippen LogP contribution in [0.25, 0.3) is 0 Å². The van der Waals surface area contributed by atoms with E-state index in [9.17, 15) is 34.8 Å². The maximum atomic E-state index is 15.9. The summed E-state index contributed by atoms with van der Waals surface area (Å²) in [6.45, 7) is -0.405. The normalized spacial score (nSPS) is 18.2. The zero-order valence-electron chi connectivity index (χ0n) is 28.8. The van der Waals surface area contributed by atoms with E-state index >= 15 is 8.78 Å². The van der Waals surface area contributed by atoms with Gasteiger partial charge in [0, 0.05) is 42.0 Å². The molecule has 9 nitrogen and oxygen atoms in total. The Kier molecular flexibility index (Phi) is 11.4. The highest BCUT2D eigenvalue weighted by molar-refractivity contribution is 7.92. The van der Waals surface area contributed by atoms with Gasteiger partial charge in [-0.1, -0.05) is 0 Å². The Morgan fingerprint density at radius 3 is 2.11 bits per heavy atom. The van der Waals surface area contributed by atoms with Gasteiger partial charge in [0.2, 0.25) is 0 Å². The van der Waals surface area contributed by atoms with Crippen molar-refractivity contribution in [2.45, 2.75) is 61.1 Å². The molecule has 4 aromatic rings. The van der Waals surface area contributed by atoms with E-state index in [0.717, 1.165) is 10.6 Å². The Hall–Kier alpha value is -4.71. The minimum atomic E-state index is -5.01. The molecule has 53 heavy (non-hydrogen) atoms. The van der Waals surface area contributed by atoms with Crippen molar-refractivity contribution in [3.8, 4) is 11.5 Å². The molecule has 3 atom stereocenters. The molecule has 0 spiro atoms. The molecule has 18 heteroatoms. The second-order valence-corrected chi connectivity index (χ2v) is 14.5. The number of anilines is 2. The number of benzene rings is 3. The van der Waals surface area contributed by atoms with Crippen molar-refractivity contribution in [2.24, 2.45) is 0 Å². The molecule has 0 unspecified atom stereocenters. The molecule has 1 fully saturated rings. The van der Waals surface area contributed by atoms with Gasteiger partial charge in [-0.15, -0.1) is 0 Å². The summed E-state index contributed by atoms with van der Waals surface area (Å²) in [5, 5.41) is 2.90. The van der Waals surface area contributed by atoms with Crippen LogP contribution in [0.1, 0.15) is 47.4 Å². The van der Waals surface area contributed by atoms with Gasteiger partial charge < -0.3 is 19.7 Å². The van der Waals surface area contributed by atoms with Gasteiger partial charge in [-0.05, 0) is 81.2 Å². The summed E-state index contributed by atoms with van der Waals surface area (Å²) in [6.07, 6.45) is -7.29. The van der Waals surface area contributed by atoms with Gasteiger partial charge in [0.25, 0.3) is 10.0 Å². The maximum Gasteiger partial charge on any atom is 0.416 e. The fraction of sp³-hybridized carbons (Fsp3) is 0.371. The molecule has 1 aliphatic carbocycles. The lowest BCUT2D eigenvalue weighted by atomic mass is 9.77. The van der Waals surface area contributed by atoms with Crippen LogP contribution < -0.4 is 19.1 Å². The van der Waals surface area contributed by atoms with E-state index in [2.05, 4.69) is 15.3 Å². The second-order valence-electron chi connectivity index (χ2n) is 12.7. The van der Waals surface area contributed by atoms with E-state index in [4.69, 9.17) is 9.47 Å². The minimum Gasteiger partial charge on any atom is -0.497 e. The highest BCUT2D eigenvalue weighted by Crippen LogP contribution is 2.42. The van der Waals surface area contributed by atoms with E-state index in [1.54, 1.807) is 31.1 Å². The quantitative estimate of drug-likeness (QED) is 0.154. The molecule has 1 aliphatic rings. The summed E-state index contributed by atoms with van der Waals surface area (Å²) in [5.41, 5.74) is -3.01. The number of alkyl halides is 6. The first-order valence-corrected chi connectivity index (χ1v) is 17.5. The fourth-order valence-corrected chi connectivity index (χ4v) is 7.87. The molecule has 5 rings (SSSR count). The van der Waals surface area contributed by atoms with Crippen LogP contribution in [0.5, 0.6) is 11.5 Å². The summed E-state index contributed by atoms with van der Waals surface area (Å²) in [6, 6.07) is 7.42. The Bertz CT molecular complexity index is 2000. The molecule has 1 N–H and O–H groups in total. The van der Waals surface area contributed by atoms with Gasteiger partial charge in [0.15, 0.2) is 0 Å². The van der Waals surface area contributed by atoms with Crippen LogP contribution >= 0.6 is 0 Å². The Morgan fingerprint density at radius 2 is 1.55 bits per heavy atom. The molecule has 0 saturated heterocycles. The highest BCUT2D eigenvalue weighted by Gasteiger charge is 2.40. The number of nitrogens with one attached hydrogen (secondary N) is 1. The molecule has 0 bridgehead atoms. The number of sulfonamides is 1. The van der Waals surface area contributed by atoms with Crippen molar-refractivity contribution in [3.63, 3.8) is 0 Å². The smallest absolute Gasteiger partial charge is 0.416 e. The summed E-state index contributed by atoms with van der Waals surface area (Å²) in [5.74, 6) is -2.60. The van der Waals surface area contributed by atoms with Crippen molar-refractivity contribution < 1.29 is 53.0 Å². The number of hydrogen-bond acceptors (Lipinski definition) is 8. The molecule has 286 valence electrons. The predicted octanol–water partition coefficient (Wildman–Crippen LogP) is 7.88. The molecule has 1 saturated carbocycles. The highest BCUT2D eigenvalue weighted by atomic mass is 32.2. The number of aromatic nitrogens is 2. The summed E-state index contributed by atoms with van der Waals surface area (Å²) in [7, 11) is 1.24. The summed E-state index contributed by atoms with van der Waals surface area (Å²) in [4.78, 5) is 8.50. The van der Waals surface area contributed by atoms with Gasteiger partial charge >= 0.3 is 12.4 Å². The predicted molar refractivity (Wildman–Crippen MR) is 179 cm³/mol. The number of nitrogens with zero attached hydrogens (tertiary/aromatic N) is 4. The molecule has 0 aliphatic heterocycles. The lowest BCUT2D eigenvalue weighted by Gasteiger charge is -2.41.